The Morgan fingerprint density at radius 1 is 1.50 bits per heavy atom. The van der Waals surface area contributed by atoms with Crippen molar-refractivity contribution in [3.05, 3.63) is 33.3 Å². The van der Waals surface area contributed by atoms with Gasteiger partial charge in [0.05, 0.1) is 5.02 Å². The summed E-state index contributed by atoms with van der Waals surface area (Å²) in [7, 11) is 1.70. The van der Waals surface area contributed by atoms with E-state index in [4.69, 9.17) is 22.1 Å². The lowest BCUT2D eigenvalue weighted by Gasteiger charge is -2.21. The lowest BCUT2D eigenvalue weighted by atomic mass is 9.93. The first-order valence-electron chi connectivity index (χ1n) is 5.26. The second-order valence-corrected chi connectivity index (χ2v) is 5.16. The van der Waals surface area contributed by atoms with E-state index < -0.39 is 0 Å². The molecule has 90 valence electrons. The lowest BCUT2D eigenvalue weighted by Crippen LogP contribution is -2.20. The smallest absolute Gasteiger partial charge is 0.0595 e. The van der Waals surface area contributed by atoms with Crippen molar-refractivity contribution in [2.24, 2.45) is 11.7 Å². The Kier molecular flexibility index (Phi) is 5.76. The van der Waals surface area contributed by atoms with Crippen LogP contribution in [0.2, 0.25) is 5.02 Å². The predicted molar refractivity (Wildman–Crippen MR) is 71.7 cm³/mol. The van der Waals surface area contributed by atoms with Crippen LogP contribution in [0, 0.1) is 5.92 Å². The van der Waals surface area contributed by atoms with E-state index in [9.17, 15) is 0 Å². The van der Waals surface area contributed by atoms with Gasteiger partial charge in [0.1, 0.15) is 0 Å². The molecule has 0 aliphatic carbocycles. The lowest BCUT2D eigenvalue weighted by molar-refractivity contribution is 0.174. The standard InChI is InChI=1S/C12H17BrClNO/c1-8(6-7-16-2)12(15)9-4-3-5-10(13)11(9)14/h3-5,8,12H,6-7,15H2,1-2H3. The summed E-state index contributed by atoms with van der Waals surface area (Å²) in [4.78, 5) is 0. The summed E-state index contributed by atoms with van der Waals surface area (Å²) in [6.45, 7) is 2.83. The summed E-state index contributed by atoms with van der Waals surface area (Å²) in [6.07, 6.45) is 0.931. The monoisotopic (exact) mass is 305 g/mol. The number of hydrogen-bond donors (Lipinski definition) is 1. The molecule has 2 nitrogen and oxygen atoms in total. The first-order chi connectivity index (χ1) is 7.57. The highest BCUT2D eigenvalue weighted by Gasteiger charge is 2.18. The van der Waals surface area contributed by atoms with Crippen LogP contribution in [0.25, 0.3) is 0 Å². The third-order valence-electron chi connectivity index (χ3n) is 2.73. The van der Waals surface area contributed by atoms with Crippen LogP contribution in [0.4, 0.5) is 0 Å². The molecule has 1 aromatic carbocycles. The topological polar surface area (TPSA) is 35.2 Å². The molecule has 0 aromatic heterocycles. The van der Waals surface area contributed by atoms with Crippen LogP contribution in [0.3, 0.4) is 0 Å². The molecular formula is C12H17BrClNO. The summed E-state index contributed by atoms with van der Waals surface area (Å²) in [5, 5.41) is 0.708. The van der Waals surface area contributed by atoms with Crippen molar-refractivity contribution in [2.75, 3.05) is 13.7 Å². The van der Waals surface area contributed by atoms with Gasteiger partial charge in [0.2, 0.25) is 0 Å². The maximum absolute atomic E-state index is 6.21. The van der Waals surface area contributed by atoms with E-state index in [2.05, 4.69) is 22.9 Å². The van der Waals surface area contributed by atoms with Crippen LogP contribution in [-0.4, -0.2) is 13.7 Å². The predicted octanol–water partition coefficient (Wildman–Crippen LogP) is 3.77. The van der Waals surface area contributed by atoms with Crippen molar-refractivity contribution in [3.63, 3.8) is 0 Å². The Morgan fingerprint density at radius 2 is 2.19 bits per heavy atom. The van der Waals surface area contributed by atoms with Gasteiger partial charge in [0.25, 0.3) is 0 Å². The Labute approximate surface area is 110 Å². The average Bonchev–Trinajstić information content (AvgIpc) is 2.28. The number of halogens is 2. The van der Waals surface area contributed by atoms with E-state index in [1.54, 1.807) is 7.11 Å². The van der Waals surface area contributed by atoms with Crippen molar-refractivity contribution in [2.45, 2.75) is 19.4 Å². The Bertz CT molecular complexity index is 346. The minimum Gasteiger partial charge on any atom is -0.385 e. The number of hydrogen-bond acceptors (Lipinski definition) is 2. The first-order valence-corrected chi connectivity index (χ1v) is 6.43. The zero-order valence-corrected chi connectivity index (χ0v) is 11.9. The Balaban J connectivity index is 2.79. The molecule has 0 amide bonds. The van der Waals surface area contributed by atoms with E-state index in [0.29, 0.717) is 10.9 Å². The van der Waals surface area contributed by atoms with Gasteiger partial charge in [-0.3, -0.25) is 0 Å². The van der Waals surface area contributed by atoms with E-state index >= 15 is 0 Å². The normalized spacial score (nSPS) is 14.8. The highest BCUT2D eigenvalue weighted by atomic mass is 79.9. The van der Waals surface area contributed by atoms with Gasteiger partial charge in [-0.1, -0.05) is 30.7 Å². The van der Waals surface area contributed by atoms with Crippen molar-refractivity contribution >= 4 is 27.5 Å². The summed E-state index contributed by atoms with van der Waals surface area (Å²) in [5.41, 5.74) is 7.17. The van der Waals surface area contributed by atoms with Crippen molar-refractivity contribution < 1.29 is 4.74 Å². The van der Waals surface area contributed by atoms with Gasteiger partial charge in [-0.2, -0.15) is 0 Å². The fourth-order valence-corrected chi connectivity index (χ4v) is 2.20. The highest BCUT2D eigenvalue weighted by molar-refractivity contribution is 9.10. The zero-order chi connectivity index (χ0) is 12.1. The van der Waals surface area contributed by atoms with Crippen molar-refractivity contribution in [3.8, 4) is 0 Å². The fourth-order valence-electron chi connectivity index (χ4n) is 1.57. The van der Waals surface area contributed by atoms with Crippen LogP contribution in [0.15, 0.2) is 22.7 Å². The quantitative estimate of drug-likeness (QED) is 0.898. The molecule has 0 saturated heterocycles. The molecule has 1 aromatic rings. The van der Waals surface area contributed by atoms with Crippen LogP contribution >= 0.6 is 27.5 Å². The molecule has 0 fully saturated rings. The highest BCUT2D eigenvalue weighted by Crippen LogP contribution is 2.32. The molecule has 0 radical (unpaired) electrons. The van der Waals surface area contributed by atoms with Crippen LogP contribution in [0.1, 0.15) is 24.9 Å². The largest absolute Gasteiger partial charge is 0.385 e. The maximum atomic E-state index is 6.21. The summed E-state index contributed by atoms with van der Waals surface area (Å²) < 4.78 is 5.94. The molecule has 0 aliphatic heterocycles. The van der Waals surface area contributed by atoms with Crippen LogP contribution < -0.4 is 5.73 Å². The number of ether oxygens (including phenoxy) is 1. The first kappa shape index (κ1) is 14.0. The van der Waals surface area contributed by atoms with Crippen molar-refractivity contribution in [1.29, 1.82) is 0 Å². The van der Waals surface area contributed by atoms with Crippen LogP contribution in [0.5, 0.6) is 0 Å². The van der Waals surface area contributed by atoms with Gasteiger partial charge in [-0.25, -0.2) is 0 Å². The summed E-state index contributed by atoms with van der Waals surface area (Å²) in [5.74, 6) is 0.340. The minimum atomic E-state index is -0.0554. The van der Waals surface area contributed by atoms with E-state index in [-0.39, 0.29) is 6.04 Å². The van der Waals surface area contributed by atoms with Gasteiger partial charge >= 0.3 is 0 Å². The second kappa shape index (κ2) is 6.60. The van der Waals surface area contributed by atoms with Gasteiger partial charge in [-0.15, -0.1) is 0 Å². The van der Waals surface area contributed by atoms with Gasteiger partial charge < -0.3 is 10.5 Å². The second-order valence-electron chi connectivity index (χ2n) is 3.93. The molecule has 0 aliphatic rings. The maximum Gasteiger partial charge on any atom is 0.0595 e. The Morgan fingerprint density at radius 3 is 2.81 bits per heavy atom. The molecule has 1 rings (SSSR count). The number of nitrogens with two attached hydrogens (primary N) is 1. The SMILES string of the molecule is COCCC(C)C(N)c1cccc(Br)c1Cl. The molecule has 2 N–H and O–H groups in total. The van der Waals surface area contributed by atoms with E-state index in [1.807, 2.05) is 18.2 Å². The number of methoxy groups -OCH3 is 1. The Hall–Kier alpha value is -0.0900. The third kappa shape index (κ3) is 3.45. The molecule has 0 saturated carbocycles. The molecule has 2 unspecified atom stereocenters. The van der Waals surface area contributed by atoms with Gasteiger partial charge in [0.15, 0.2) is 0 Å². The molecule has 0 spiro atoms. The van der Waals surface area contributed by atoms with E-state index in [0.717, 1.165) is 23.1 Å². The fraction of sp³-hybridized carbons (Fsp3) is 0.500. The summed E-state index contributed by atoms with van der Waals surface area (Å²) >= 11 is 9.61. The molecular weight excluding hydrogens is 289 g/mol. The minimum absolute atomic E-state index is 0.0554. The third-order valence-corrected chi connectivity index (χ3v) is 4.04. The summed E-state index contributed by atoms with van der Waals surface area (Å²) in [6, 6.07) is 5.79. The molecule has 0 heterocycles. The molecule has 2 atom stereocenters. The van der Waals surface area contributed by atoms with Gasteiger partial charge in [-0.05, 0) is 39.9 Å². The van der Waals surface area contributed by atoms with Crippen molar-refractivity contribution in [1.82, 2.24) is 0 Å². The van der Waals surface area contributed by atoms with Gasteiger partial charge in [0, 0.05) is 24.2 Å². The molecule has 0 bridgehead atoms. The van der Waals surface area contributed by atoms with Crippen LogP contribution in [-0.2, 0) is 4.74 Å². The number of benzene rings is 1. The average molecular weight is 307 g/mol. The number of rotatable bonds is 5. The zero-order valence-electron chi connectivity index (χ0n) is 9.54. The molecule has 16 heavy (non-hydrogen) atoms. The molecule has 4 heteroatoms. The van der Waals surface area contributed by atoms with E-state index in [1.165, 1.54) is 0 Å².